The minimum atomic E-state index is -3.52. The Morgan fingerprint density at radius 3 is 1.38 bits per heavy atom. The van der Waals surface area contributed by atoms with Gasteiger partial charge in [-0.25, -0.2) is 0 Å². The normalized spacial score (nSPS) is 11.5. The lowest BCUT2D eigenvalue weighted by atomic mass is 10.2. The summed E-state index contributed by atoms with van der Waals surface area (Å²) in [5.74, 6) is 0. The van der Waals surface area contributed by atoms with Gasteiger partial charge in [0.2, 0.25) is 0 Å². The van der Waals surface area contributed by atoms with Gasteiger partial charge in [0.15, 0.2) is 0 Å². The summed E-state index contributed by atoms with van der Waals surface area (Å²) in [4.78, 5) is 0. The van der Waals surface area contributed by atoms with Crippen molar-refractivity contribution in [3.8, 4) is 0 Å². The Kier molecular flexibility index (Phi) is 5.95. The minimum Gasteiger partial charge on any atom is -0.198 e. The fourth-order valence-electron chi connectivity index (χ4n) is 1.61. The maximum atomic E-state index is 11.9. The van der Waals surface area contributed by atoms with Crippen molar-refractivity contribution in [1.82, 2.24) is 9.44 Å². The fraction of sp³-hybridized carbons (Fsp3) is 0.143. The van der Waals surface area contributed by atoms with Crippen molar-refractivity contribution in [3.05, 3.63) is 68.6 Å². The van der Waals surface area contributed by atoms with Crippen LogP contribution in [-0.4, -0.2) is 8.42 Å². The molecule has 0 aliphatic carbocycles. The van der Waals surface area contributed by atoms with Crippen molar-refractivity contribution in [1.29, 1.82) is 0 Å². The first-order chi connectivity index (χ1) is 9.94. The Hall–Kier alpha value is -0.730. The number of benzene rings is 2. The molecule has 0 bridgehead atoms. The molecule has 2 aromatic rings. The standard InChI is InChI=1S/C14H14Br2N2O2S/c15-13-5-1-11(2-6-13)9-17-21(19,20)18-10-12-3-7-14(16)8-4-12/h1-8,17-18H,9-10H2. The maximum Gasteiger partial charge on any atom is 0.277 e. The first-order valence-electron chi connectivity index (χ1n) is 6.18. The second kappa shape index (κ2) is 7.51. The van der Waals surface area contributed by atoms with E-state index in [0.717, 1.165) is 20.1 Å². The Balaban J connectivity index is 1.87. The van der Waals surface area contributed by atoms with Crippen LogP contribution in [-0.2, 0) is 23.3 Å². The van der Waals surface area contributed by atoms with E-state index in [1.54, 1.807) is 0 Å². The highest BCUT2D eigenvalue weighted by atomic mass is 79.9. The summed E-state index contributed by atoms with van der Waals surface area (Å²) >= 11 is 6.67. The van der Waals surface area contributed by atoms with Crippen LogP contribution in [0.4, 0.5) is 0 Å². The topological polar surface area (TPSA) is 58.2 Å². The number of halogens is 2. The van der Waals surface area contributed by atoms with E-state index in [2.05, 4.69) is 41.3 Å². The zero-order valence-electron chi connectivity index (χ0n) is 11.0. The monoisotopic (exact) mass is 432 g/mol. The van der Waals surface area contributed by atoms with E-state index >= 15 is 0 Å². The molecule has 4 nitrogen and oxygen atoms in total. The van der Waals surface area contributed by atoms with E-state index in [1.165, 1.54) is 0 Å². The van der Waals surface area contributed by atoms with Crippen LogP contribution in [0.2, 0.25) is 0 Å². The molecule has 21 heavy (non-hydrogen) atoms. The molecule has 0 heterocycles. The average Bonchev–Trinajstić information content (AvgIpc) is 2.46. The summed E-state index contributed by atoms with van der Waals surface area (Å²) in [5.41, 5.74) is 1.79. The zero-order valence-corrected chi connectivity index (χ0v) is 15.0. The molecule has 7 heteroatoms. The molecule has 0 aliphatic rings. The van der Waals surface area contributed by atoms with Crippen LogP contribution in [0.15, 0.2) is 57.5 Å². The Labute approximate surface area is 141 Å². The fourth-order valence-corrected chi connectivity index (χ4v) is 2.96. The van der Waals surface area contributed by atoms with Crippen molar-refractivity contribution < 1.29 is 8.42 Å². The average molecular weight is 434 g/mol. The molecule has 2 rings (SSSR count). The molecule has 0 unspecified atom stereocenters. The lowest BCUT2D eigenvalue weighted by molar-refractivity contribution is 0.566. The second-order valence-electron chi connectivity index (χ2n) is 4.40. The van der Waals surface area contributed by atoms with Gasteiger partial charge >= 0.3 is 0 Å². The van der Waals surface area contributed by atoms with Gasteiger partial charge in [0.25, 0.3) is 10.2 Å². The predicted molar refractivity (Wildman–Crippen MR) is 90.9 cm³/mol. The molecule has 0 aliphatic heterocycles. The zero-order chi connectivity index (χ0) is 15.3. The molecule has 0 atom stereocenters. The van der Waals surface area contributed by atoms with Gasteiger partial charge in [-0.1, -0.05) is 56.1 Å². The van der Waals surface area contributed by atoms with Crippen LogP contribution >= 0.6 is 31.9 Å². The van der Waals surface area contributed by atoms with Gasteiger partial charge in [0.05, 0.1) is 0 Å². The molecule has 0 saturated heterocycles. The summed E-state index contributed by atoms with van der Waals surface area (Å²) in [7, 11) is -3.52. The highest BCUT2D eigenvalue weighted by Crippen LogP contribution is 2.11. The SMILES string of the molecule is O=S(=O)(NCc1ccc(Br)cc1)NCc1ccc(Br)cc1. The third-order valence-electron chi connectivity index (χ3n) is 2.76. The quantitative estimate of drug-likeness (QED) is 0.733. The van der Waals surface area contributed by atoms with Gasteiger partial charge in [-0.15, -0.1) is 0 Å². The second-order valence-corrected chi connectivity index (χ2v) is 7.81. The van der Waals surface area contributed by atoms with Gasteiger partial charge in [0.1, 0.15) is 0 Å². The van der Waals surface area contributed by atoms with Crippen molar-refractivity contribution in [2.45, 2.75) is 13.1 Å². The maximum absolute atomic E-state index is 11.9. The molecule has 2 aromatic carbocycles. The highest BCUT2D eigenvalue weighted by Gasteiger charge is 2.08. The first kappa shape index (κ1) is 16.6. The largest absolute Gasteiger partial charge is 0.277 e. The van der Waals surface area contributed by atoms with E-state index in [4.69, 9.17) is 0 Å². The van der Waals surface area contributed by atoms with Crippen molar-refractivity contribution in [2.24, 2.45) is 0 Å². The Morgan fingerprint density at radius 1 is 0.714 bits per heavy atom. The molecule has 112 valence electrons. The summed E-state index contributed by atoms with van der Waals surface area (Å²) in [6.07, 6.45) is 0. The molecular formula is C14H14Br2N2O2S. The number of nitrogens with one attached hydrogen (secondary N) is 2. The third kappa shape index (κ3) is 5.88. The molecule has 0 spiro atoms. The van der Waals surface area contributed by atoms with Crippen LogP contribution in [0.25, 0.3) is 0 Å². The molecule has 0 amide bonds. The minimum absolute atomic E-state index is 0.253. The molecular weight excluding hydrogens is 420 g/mol. The highest BCUT2D eigenvalue weighted by molar-refractivity contribution is 9.10. The van der Waals surface area contributed by atoms with Gasteiger partial charge < -0.3 is 0 Å². The third-order valence-corrected chi connectivity index (χ3v) is 4.87. The molecule has 0 fully saturated rings. The Morgan fingerprint density at radius 2 is 1.05 bits per heavy atom. The van der Waals surface area contributed by atoms with Crippen LogP contribution in [0.5, 0.6) is 0 Å². The summed E-state index contributed by atoms with van der Waals surface area (Å²) in [6.45, 7) is 0.506. The van der Waals surface area contributed by atoms with E-state index in [1.807, 2.05) is 48.5 Å². The molecule has 0 saturated carbocycles. The van der Waals surface area contributed by atoms with Crippen LogP contribution in [0.1, 0.15) is 11.1 Å². The molecule has 0 radical (unpaired) electrons. The number of rotatable bonds is 6. The summed E-state index contributed by atoms with van der Waals surface area (Å²) < 4.78 is 30.7. The summed E-state index contributed by atoms with van der Waals surface area (Å²) in [5, 5.41) is 0. The van der Waals surface area contributed by atoms with E-state index < -0.39 is 10.2 Å². The van der Waals surface area contributed by atoms with Crippen molar-refractivity contribution in [3.63, 3.8) is 0 Å². The van der Waals surface area contributed by atoms with Crippen molar-refractivity contribution >= 4 is 42.1 Å². The van der Waals surface area contributed by atoms with Gasteiger partial charge in [0, 0.05) is 22.0 Å². The van der Waals surface area contributed by atoms with E-state index in [9.17, 15) is 8.42 Å². The van der Waals surface area contributed by atoms with Gasteiger partial charge in [-0.05, 0) is 35.4 Å². The number of hydrogen-bond donors (Lipinski definition) is 2. The number of hydrogen-bond acceptors (Lipinski definition) is 2. The van der Waals surface area contributed by atoms with Crippen LogP contribution in [0, 0.1) is 0 Å². The Bertz CT molecular complexity index is 630. The first-order valence-corrected chi connectivity index (χ1v) is 9.25. The summed E-state index contributed by atoms with van der Waals surface area (Å²) in [6, 6.07) is 14.9. The lowest BCUT2D eigenvalue weighted by Gasteiger charge is -2.08. The van der Waals surface area contributed by atoms with E-state index in [0.29, 0.717) is 0 Å². The van der Waals surface area contributed by atoms with Crippen LogP contribution < -0.4 is 9.44 Å². The molecule has 0 aromatic heterocycles. The van der Waals surface area contributed by atoms with Gasteiger partial charge in [-0.3, -0.25) is 0 Å². The van der Waals surface area contributed by atoms with Crippen LogP contribution in [0.3, 0.4) is 0 Å². The van der Waals surface area contributed by atoms with Crippen molar-refractivity contribution in [2.75, 3.05) is 0 Å². The smallest absolute Gasteiger partial charge is 0.198 e. The van der Waals surface area contributed by atoms with Gasteiger partial charge in [-0.2, -0.15) is 17.9 Å². The van der Waals surface area contributed by atoms with E-state index in [-0.39, 0.29) is 13.1 Å². The molecule has 2 N–H and O–H groups in total. The predicted octanol–water partition coefficient (Wildman–Crippen LogP) is 3.34. The lowest BCUT2D eigenvalue weighted by Crippen LogP contribution is -2.35.